The third kappa shape index (κ3) is 3.83. The van der Waals surface area contributed by atoms with E-state index in [4.69, 9.17) is 0 Å². The van der Waals surface area contributed by atoms with Gasteiger partial charge in [0.15, 0.2) is 5.69 Å². The van der Waals surface area contributed by atoms with E-state index in [1.54, 1.807) is 0 Å². The number of amides is 2. The fourth-order valence-corrected chi connectivity index (χ4v) is 2.22. The van der Waals surface area contributed by atoms with Crippen LogP contribution in [0.2, 0.25) is 0 Å². The summed E-state index contributed by atoms with van der Waals surface area (Å²) in [6, 6.07) is -0.775. The van der Waals surface area contributed by atoms with Crippen LogP contribution in [-0.4, -0.2) is 38.4 Å². The van der Waals surface area contributed by atoms with E-state index in [2.05, 4.69) is 20.8 Å². The highest BCUT2D eigenvalue weighted by Gasteiger charge is 2.28. The van der Waals surface area contributed by atoms with Crippen molar-refractivity contribution in [2.75, 3.05) is 12.4 Å². The van der Waals surface area contributed by atoms with Crippen LogP contribution < -0.4 is 10.6 Å². The van der Waals surface area contributed by atoms with E-state index in [1.165, 1.54) is 31.9 Å². The maximum Gasteiger partial charge on any atom is 0.282 e. The molecule has 2 amide bonds. The van der Waals surface area contributed by atoms with Gasteiger partial charge < -0.3 is 10.6 Å². The molecule has 1 atom stereocenters. The first-order valence-corrected chi connectivity index (χ1v) is 7.37. The lowest BCUT2D eigenvalue weighted by atomic mass is 10.2. The molecule has 26 heavy (non-hydrogen) atoms. The van der Waals surface area contributed by atoms with Crippen molar-refractivity contribution in [1.29, 1.82) is 0 Å². The summed E-state index contributed by atoms with van der Waals surface area (Å²) >= 11 is 0. The third-order valence-corrected chi connectivity index (χ3v) is 3.51. The summed E-state index contributed by atoms with van der Waals surface area (Å²) in [4.78, 5) is 24.1. The second kappa shape index (κ2) is 7.54. The van der Waals surface area contributed by atoms with Gasteiger partial charge in [0.25, 0.3) is 18.8 Å². The van der Waals surface area contributed by atoms with Gasteiger partial charge in [-0.05, 0) is 13.0 Å². The molecule has 0 saturated heterocycles. The Morgan fingerprint density at radius 3 is 2.35 bits per heavy atom. The van der Waals surface area contributed by atoms with E-state index in [-0.39, 0.29) is 11.4 Å². The van der Waals surface area contributed by atoms with Crippen molar-refractivity contribution in [2.24, 2.45) is 7.05 Å². The van der Waals surface area contributed by atoms with E-state index in [0.717, 1.165) is 0 Å². The van der Waals surface area contributed by atoms with E-state index in [9.17, 15) is 27.2 Å². The monoisotopic (exact) mass is 376 g/mol. The van der Waals surface area contributed by atoms with Gasteiger partial charge in [-0.3, -0.25) is 19.0 Å². The van der Waals surface area contributed by atoms with Crippen LogP contribution in [0.5, 0.6) is 0 Å². The normalized spacial score (nSPS) is 12.5. The molecule has 2 heterocycles. The summed E-state index contributed by atoms with van der Waals surface area (Å²) < 4.78 is 53.4. The van der Waals surface area contributed by atoms with Crippen molar-refractivity contribution >= 4 is 17.5 Å². The molecule has 0 saturated carbocycles. The summed E-state index contributed by atoms with van der Waals surface area (Å²) in [7, 11) is 2.89. The predicted molar refractivity (Wildman–Crippen MR) is 82.1 cm³/mol. The number of rotatable bonds is 6. The molecule has 8 nitrogen and oxygen atoms in total. The summed E-state index contributed by atoms with van der Waals surface area (Å²) in [5, 5.41) is 12.0. The number of hydrogen-bond donors (Lipinski definition) is 2. The van der Waals surface area contributed by atoms with E-state index >= 15 is 0 Å². The molecule has 1 unspecified atom stereocenters. The molecule has 0 aliphatic carbocycles. The Morgan fingerprint density at radius 1 is 1.15 bits per heavy atom. The number of aryl methyl sites for hydroxylation is 1. The zero-order valence-electron chi connectivity index (χ0n) is 14.0. The van der Waals surface area contributed by atoms with Gasteiger partial charge in [-0.15, -0.1) is 0 Å². The van der Waals surface area contributed by atoms with Gasteiger partial charge >= 0.3 is 0 Å². The summed E-state index contributed by atoms with van der Waals surface area (Å²) in [5.74, 6) is -1.39. The van der Waals surface area contributed by atoms with E-state index in [0.29, 0.717) is 10.7 Å². The highest BCUT2D eigenvalue weighted by molar-refractivity contribution is 6.02. The van der Waals surface area contributed by atoms with Crippen LogP contribution >= 0.6 is 0 Å². The molecule has 142 valence electrons. The van der Waals surface area contributed by atoms with Crippen LogP contribution in [-0.2, 0) is 11.8 Å². The lowest BCUT2D eigenvalue weighted by Crippen LogP contribution is -2.27. The minimum absolute atomic E-state index is 0.0449. The Balaban J connectivity index is 2.30. The van der Waals surface area contributed by atoms with Crippen LogP contribution in [0.1, 0.15) is 47.7 Å². The summed E-state index contributed by atoms with van der Waals surface area (Å²) in [5.41, 5.74) is -1.70. The molecule has 0 bridgehead atoms. The van der Waals surface area contributed by atoms with Gasteiger partial charge in [-0.1, -0.05) is 0 Å². The number of hydrogen-bond acceptors (Lipinski definition) is 4. The molecule has 0 aromatic carbocycles. The molecule has 2 N–H and O–H groups in total. The van der Waals surface area contributed by atoms with Crippen LogP contribution in [0.15, 0.2) is 12.3 Å². The van der Waals surface area contributed by atoms with Crippen molar-refractivity contribution in [1.82, 2.24) is 24.9 Å². The lowest BCUT2D eigenvalue weighted by molar-refractivity contribution is -0.119. The van der Waals surface area contributed by atoms with Crippen LogP contribution in [0.4, 0.5) is 23.2 Å². The van der Waals surface area contributed by atoms with E-state index < -0.39 is 42.1 Å². The lowest BCUT2D eigenvalue weighted by Gasteiger charge is -2.15. The Morgan fingerprint density at radius 2 is 1.81 bits per heavy atom. The Kier molecular flexibility index (Phi) is 5.63. The van der Waals surface area contributed by atoms with Gasteiger partial charge in [-0.25, -0.2) is 17.6 Å². The number of halogens is 4. The second-order valence-electron chi connectivity index (χ2n) is 5.35. The van der Waals surface area contributed by atoms with Crippen molar-refractivity contribution in [3.8, 4) is 0 Å². The van der Waals surface area contributed by atoms with Crippen molar-refractivity contribution in [3.63, 3.8) is 0 Å². The minimum Gasteiger partial charge on any atom is -0.354 e. The average Bonchev–Trinajstić information content (AvgIpc) is 3.17. The molecule has 0 spiro atoms. The number of anilines is 1. The Labute approximate surface area is 145 Å². The van der Waals surface area contributed by atoms with Gasteiger partial charge in [0.05, 0.1) is 5.69 Å². The van der Waals surface area contributed by atoms with Crippen molar-refractivity contribution in [2.45, 2.75) is 25.8 Å². The number of nitrogens with one attached hydrogen (secondary N) is 2. The second-order valence-corrected chi connectivity index (χ2v) is 5.35. The molecule has 2 rings (SSSR count). The first-order valence-electron chi connectivity index (χ1n) is 7.37. The molecule has 2 aromatic heterocycles. The molecule has 0 aliphatic heterocycles. The molecular weight excluding hydrogens is 360 g/mol. The molecule has 2 aromatic rings. The average molecular weight is 376 g/mol. The number of carbonyl (C=O) groups is 2. The van der Waals surface area contributed by atoms with Crippen molar-refractivity contribution < 1.29 is 27.2 Å². The maximum absolute atomic E-state index is 13.1. The Hall–Kier alpha value is -2.92. The van der Waals surface area contributed by atoms with Gasteiger partial charge in [0, 0.05) is 20.3 Å². The topological polar surface area (TPSA) is 93.8 Å². The maximum atomic E-state index is 13.1. The number of alkyl halides is 4. The molecule has 12 heteroatoms. The SMILES string of the molecule is CNC(=O)c1nn(C)cc1NC(=O)C(C)n1nc(C(F)F)cc1C(F)F. The first kappa shape index (κ1) is 19.4. The van der Waals surface area contributed by atoms with Crippen LogP contribution in [0.25, 0.3) is 0 Å². The van der Waals surface area contributed by atoms with Gasteiger partial charge in [0.2, 0.25) is 5.91 Å². The smallest absolute Gasteiger partial charge is 0.282 e. The zero-order valence-corrected chi connectivity index (χ0v) is 14.0. The van der Waals surface area contributed by atoms with Gasteiger partial charge in [-0.2, -0.15) is 10.2 Å². The first-order chi connectivity index (χ1) is 12.1. The minimum atomic E-state index is -3.09. The molecular formula is C14H16F4N6O2. The predicted octanol–water partition coefficient (Wildman–Crippen LogP) is 2.05. The molecule has 0 radical (unpaired) electrons. The van der Waals surface area contributed by atoms with Crippen LogP contribution in [0, 0.1) is 0 Å². The molecule has 0 fully saturated rings. The van der Waals surface area contributed by atoms with E-state index in [1.807, 2.05) is 0 Å². The fraction of sp³-hybridized carbons (Fsp3) is 0.429. The fourth-order valence-electron chi connectivity index (χ4n) is 2.22. The largest absolute Gasteiger partial charge is 0.354 e. The quantitative estimate of drug-likeness (QED) is 0.755. The zero-order chi connectivity index (χ0) is 19.6. The summed E-state index contributed by atoms with van der Waals surface area (Å²) in [6.07, 6.45) is -4.80. The highest BCUT2D eigenvalue weighted by Crippen LogP contribution is 2.28. The van der Waals surface area contributed by atoms with Crippen LogP contribution in [0.3, 0.4) is 0 Å². The van der Waals surface area contributed by atoms with Gasteiger partial charge in [0.1, 0.15) is 17.4 Å². The standard InChI is InChI=1S/C14H16F4N6O2/c1-6(24-9(12(17)18)4-7(21-24)11(15)16)13(25)20-8-5-23(3)22-10(8)14(26)19-2/h4-6,11-12H,1-3H3,(H,19,26)(H,20,25). The molecule has 0 aliphatic rings. The summed E-state index contributed by atoms with van der Waals surface area (Å²) in [6.45, 7) is 1.22. The number of carbonyl (C=O) groups excluding carboxylic acids is 2. The van der Waals surface area contributed by atoms with Crippen molar-refractivity contribution in [3.05, 3.63) is 29.3 Å². The third-order valence-electron chi connectivity index (χ3n) is 3.51. The number of aromatic nitrogens is 4. The number of nitrogens with zero attached hydrogens (tertiary/aromatic N) is 4. The Bertz CT molecular complexity index is 816. The highest BCUT2D eigenvalue weighted by atomic mass is 19.3.